The topological polar surface area (TPSA) is 27.8 Å². The largest absolute Gasteiger partial charge is 0.358 e. The van der Waals surface area contributed by atoms with Crippen LogP contribution in [0.25, 0.3) is 10.9 Å². The van der Waals surface area contributed by atoms with E-state index < -0.39 is 0 Å². The molecule has 2 nitrogen and oxygen atoms in total. The van der Waals surface area contributed by atoms with Gasteiger partial charge in [-0.2, -0.15) is 0 Å². The fourth-order valence-electron chi connectivity index (χ4n) is 3.52. The van der Waals surface area contributed by atoms with Crippen LogP contribution in [0.15, 0.2) is 12.1 Å². The molecule has 2 heteroatoms. The van der Waals surface area contributed by atoms with Crippen molar-refractivity contribution < 1.29 is 0 Å². The molecule has 1 fully saturated rings. The molecule has 0 amide bonds. The summed E-state index contributed by atoms with van der Waals surface area (Å²) in [7, 11) is 2.06. The standard InChI is InChI=1S/C16H22N2/c1-10-7-11(2)14-13(8-10)18-12(3)15(14)16(5-6-16)9-17-4/h7-8,17-18H,5-6,9H2,1-4H3. The second-order valence-corrected chi connectivity index (χ2v) is 5.94. The molecule has 0 saturated heterocycles. The van der Waals surface area contributed by atoms with Gasteiger partial charge in [0.2, 0.25) is 0 Å². The van der Waals surface area contributed by atoms with Gasteiger partial charge in [0.15, 0.2) is 0 Å². The summed E-state index contributed by atoms with van der Waals surface area (Å²) in [6.45, 7) is 7.72. The molecule has 18 heavy (non-hydrogen) atoms. The van der Waals surface area contributed by atoms with Crippen molar-refractivity contribution in [2.24, 2.45) is 0 Å². The highest BCUT2D eigenvalue weighted by atomic mass is 14.9. The molecule has 0 unspecified atom stereocenters. The molecule has 2 aromatic rings. The molecular formula is C16H22N2. The van der Waals surface area contributed by atoms with E-state index in [2.05, 4.69) is 50.3 Å². The molecule has 1 aromatic carbocycles. The fourth-order valence-corrected chi connectivity index (χ4v) is 3.52. The van der Waals surface area contributed by atoms with Crippen LogP contribution in [0.1, 0.15) is 35.2 Å². The maximum Gasteiger partial charge on any atom is 0.0464 e. The van der Waals surface area contributed by atoms with E-state index in [0.717, 1.165) is 6.54 Å². The Morgan fingerprint density at radius 2 is 1.94 bits per heavy atom. The van der Waals surface area contributed by atoms with Crippen LogP contribution in [0.2, 0.25) is 0 Å². The van der Waals surface area contributed by atoms with E-state index in [-0.39, 0.29) is 0 Å². The summed E-state index contributed by atoms with van der Waals surface area (Å²) in [5, 5.41) is 4.83. The van der Waals surface area contributed by atoms with E-state index in [1.54, 1.807) is 5.56 Å². The molecule has 1 aliphatic rings. The number of nitrogens with one attached hydrogen (secondary N) is 2. The molecular weight excluding hydrogens is 220 g/mol. The lowest BCUT2D eigenvalue weighted by molar-refractivity contribution is 0.625. The van der Waals surface area contributed by atoms with Gasteiger partial charge in [-0.05, 0) is 63.4 Å². The van der Waals surface area contributed by atoms with Gasteiger partial charge in [-0.3, -0.25) is 0 Å². The van der Waals surface area contributed by atoms with E-state index in [1.807, 2.05) is 0 Å². The summed E-state index contributed by atoms with van der Waals surface area (Å²) in [4.78, 5) is 3.59. The first-order valence-electron chi connectivity index (χ1n) is 6.82. The minimum Gasteiger partial charge on any atom is -0.358 e. The molecule has 1 aliphatic carbocycles. The first-order valence-corrected chi connectivity index (χ1v) is 6.82. The molecule has 1 aromatic heterocycles. The molecule has 1 saturated carbocycles. The third-order valence-corrected chi connectivity index (χ3v) is 4.33. The number of aromatic nitrogens is 1. The van der Waals surface area contributed by atoms with Crippen molar-refractivity contribution in [3.05, 3.63) is 34.5 Å². The summed E-state index contributed by atoms with van der Waals surface area (Å²) in [5.74, 6) is 0. The number of H-pyrrole nitrogens is 1. The number of aromatic amines is 1. The highest BCUT2D eigenvalue weighted by Crippen LogP contribution is 2.51. The summed E-state index contributed by atoms with van der Waals surface area (Å²) in [6.07, 6.45) is 2.63. The van der Waals surface area contributed by atoms with Crippen molar-refractivity contribution in [1.82, 2.24) is 10.3 Å². The zero-order valence-electron chi connectivity index (χ0n) is 11.8. The maximum atomic E-state index is 3.59. The minimum absolute atomic E-state index is 0.386. The van der Waals surface area contributed by atoms with Crippen LogP contribution in [-0.4, -0.2) is 18.6 Å². The zero-order valence-corrected chi connectivity index (χ0v) is 11.8. The smallest absolute Gasteiger partial charge is 0.0464 e. The highest BCUT2D eigenvalue weighted by molar-refractivity contribution is 5.90. The first-order chi connectivity index (χ1) is 8.57. The van der Waals surface area contributed by atoms with Crippen LogP contribution < -0.4 is 5.32 Å². The van der Waals surface area contributed by atoms with Gasteiger partial charge in [-0.25, -0.2) is 0 Å². The van der Waals surface area contributed by atoms with Crippen molar-refractivity contribution in [2.75, 3.05) is 13.6 Å². The molecule has 0 aliphatic heterocycles. The average Bonchev–Trinajstić information content (AvgIpc) is 2.96. The third-order valence-electron chi connectivity index (χ3n) is 4.33. The zero-order chi connectivity index (χ0) is 12.9. The van der Waals surface area contributed by atoms with Gasteiger partial charge in [-0.1, -0.05) is 6.07 Å². The van der Waals surface area contributed by atoms with E-state index in [0.29, 0.717) is 5.41 Å². The van der Waals surface area contributed by atoms with Gasteiger partial charge in [-0.15, -0.1) is 0 Å². The normalized spacial score (nSPS) is 17.3. The second kappa shape index (κ2) is 3.86. The minimum atomic E-state index is 0.386. The Kier molecular flexibility index (Phi) is 2.53. The number of likely N-dealkylation sites (N-methyl/N-ethyl adjacent to an activating group) is 1. The number of benzene rings is 1. The van der Waals surface area contributed by atoms with Crippen molar-refractivity contribution in [1.29, 1.82) is 0 Å². The lowest BCUT2D eigenvalue weighted by Gasteiger charge is -2.16. The van der Waals surface area contributed by atoms with E-state index in [4.69, 9.17) is 0 Å². The molecule has 3 rings (SSSR count). The fraction of sp³-hybridized carbons (Fsp3) is 0.500. The Balaban J connectivity index is 2.26. The van der Waals surface area contributed by atoms with Crippen molar-refractivity contribution in [2.45, 2.75) is 39.0 Å². The molecule has 0 radical (unpaired) electrons. The van der Waals surface area contributed by atoms with Gasteiger partial charge in [0.25, 0.3) is 0 Å². The monoisotopic (exact) mass is 242 g/mol. The highest BCUT2D eigenvalue weighted by Gasteiger charge is 2.46. The predicted molar refractivity (Wildman–Crippen MR) is 77.3 cm³/mol. The van der Waals surface area contributed by atoms with Gasteiger partial charge >= 0.3 is 0 Å². The molecule has 0 spiro atoms. The summed E-state index contributed by atoms with van der Waals surface area (Å²) < 4.78 is 0. The van der Waals surface area contributed by atoms with E-state index in [1.165, 1.54) is 40.6 Å². The van der Waals surface area contributed by atoms with Crippen LogP contribution in [-0.2, 0) is 5.41 Å². The predicted octanol–water partition coefficient (Wildman–Crippen LogP) is 3.34. The van der Waals surface area contributed by atoms with E-state index in [9.17, 15) is 0 Å². The summed E-state index contributed by atoms with van der Waals surface area (Å²) in [5.41, 5.74) is 7.35. The number of fused-ring (bicyclic) bond motifs is 1. The lowest BCUT2D eigenvalue weighted by Crippen LogP contribution is -2.24. The van der Waals surface area contributed by atoms with Crippen molar-refractivity contribution in [3.63, 3.8) is 0 Å². The van der Waals surface area contributed by atoms with Crippen LogP contribution in [0.5, 0.6) is 0 Å². The van der Waals surface area contributed by atoms with Crippen LogP contribution in [0.4, 0.5) is 0 Å². The molecule has 0 atom stereocenters. The number of hydrogen-bond acceptors (Lipinski definition) is 1. The number of hydrogen-bond donors (Lipinski definition) is 2. The Labute approximate surface area is 109 Å². The third kappa shape index (κ3) is 1.59. The van der Waals surface area contributed by atoms with E-state index >= 15 is 0 Å². The molecule has 2 N–H and O–H groups in total. The van der Waals surface area contributed by atoms with Gasteiger partial charge < -0.3 is 10.3 Å². The van der Waals surface area contributed by atoms with Crippen LogP contribution >= 0.6 is 0 Å². The SMILES string of the molecule is CNCC1(c2c(C)[nH]c3cc(C)cc(C)c23)CC1. The number of aryl methyl sites for hydroxylation is 3. The molecule has 1 heterocycles. The Morgan fingerprint density at radius 3 is 2.56 bits per heavy atom. The van der Waals surface area contributed by atoms with Gasteiger partial charge in [0.05, 0.1) is 0 Å². The van der Waals surface area contributed by atoms with Gasteiger partial charge in [0.1, 0.15) is 0 Å². The Morgan fingerprint density at radius 1 is 1.22 bits per heavy atom. The maximum absolute atomic E-state index is 3.59. The molecule has 0 bridgehead atoms. The average molecular weight is 242 g/mol. The second-order valence-electron chi connectivity index (χ2n) is 5.94. The summed E-state index contributed by atoms with van der Waals surface area (Å²) >= 11 is 0. The van der Waals surface area contributed by atoms with Crippen LogP contribution in [0, 0.1) is 20.8 Å². The van der Waals surface area contributed by atoms with Crippen molar-refractivity contribution >= 4 is 10.9 Å². The van der Waals surface area contributed by atoms with Gasteiger partial charge in [0, 0.05) is 28.6 Å². The van der Waals surface area contributed by atoms with Crippen molar-refractivity contribution in [3.8, 4) is 0 Å². The summed E-state index contributed by atoms with van der Waals surface area (Å²) in [6, 6.07) is 4.57. The van der Waals surface area contributed by atoms with Crippen LogP contribution in [0.3, 0.4) is 0 Å². The quantitative estimate of drug-likeness (QED) is 0.849. The lowest BCUT2D eigenvalue weighted by atomic mass is 9.90. The molecule has 96 valence electrons. The Hall–Kier alpha value is -1.28. The Bertz CT molecular complexity index is 603. The first kappa shape index (κ1) is 11.8. The number of rotatable bonds is 3.